The fourth-order valence-corrected chi connectivity index (χ4v) is 5.38. The lowest BCUT2D eigenvalue weighted by Gasteiger charge is -2.20. The van der Waals surface area contributed by atoms with Gasteiger partial charge in [-0.1, -0.05) is 19.1 Å². The van der Waals surface area contributed by atoms with Crippen molar-refractivity contribution in [2.24, 2.45) is 0 Å². The highest BCUT2D eigenvalue weighted by Gasteiger charge is 2.26. The van der Waals surface area contributed by atoms with E-state index in [-0.39, 0.29) is 23.1 Å². The molecular formula is C29H46N4O5S. The van der Waals surface area contributed by atoms with Crippen molar-refractivity contribution < 1.29 is 22.7 Å². The number of ketones is 1. The van der Waals surface area contributed by atoms with Crippen LogP contribution in [-0.4, -0.2) is 89.1 Å². The maximum absolute atomic E-state index is 12.6. The van der Waals surface area contributed by atoms with Crippen LogP contribution in [-0.2, 0) is 26.2 Å². The second-order valence-corrected chi connectivity index (χ2v) is 11.9. The second-order valence-electron chi connectivity index (χ2n) is 9.94. The summed E-state index contributed by atoms with van der Waals surface area (Å²) in [5.74, 6) is 0.629. The van der Waals surface area contributed by atoms with E-state index in [1.165, 1.54) is 14.2 Å². The van der Waals surface area contributed by atoms with Crippen LogP contribution in [0.15, 0.2) is 41.3 Å². The molecule has 0 fully saturated rings. The van der Waals surface area contributed by atoms with Crippen LogP contribution in [0, 0.1) is 13.8 Å². The Morgan fingerprint density at radius 1 is 0.974 bits per heavy atom. The molecule has 9 nitrogen and oxygen atoms in total. The molecule has 39 heavy (non-hydrogen) atoms. The fourth-order valence-electron chi connectivity index (χ4n) is 3.82. The number of hydrogen-bond donors (Lipinski definition) is 1. The summed E-state index contributed by atoms with van der Waals surface area (Å²) in [7, 11) is 5.22. The number of nitrogens with one attached hydrogen (secondary N) is 1. The third kappa shape index (κ3) is 11.4. The summed E-state index contributed by atoms with van der Waals surface area (Å²) in [4.78, 5) is 26.9. The minimum Gasteiger partial charge on any atom is -0.497 e. The zero-order chi connectivity index (χ0) is 29.8. The quantitative estimate of drug-likeness (QED) is 0.395. The zero-order valence-corrected chi connectivity index (χ0v) is 25.8. The molecule has 2 aromatic rings. The van der Waals surface area contributed by atoms with Gasteiger partial charge in [-0.3, -0.25) is 9.59 Å². The Bertz CT molecular complexity index is 1160. The van der Waals surface area contributed by atoms with Crippen molar-refractivity contribution in [2.75, 3.05) is 60.3 Å². The summed E-state index contributed by atoms with van der Waals surface area (Å²) in [5, 5.41) is 3.36. The number of carbonyl (C=O) groups is 2. The van der Waals surface area contributed by atoms with Gasteiger partial charge in [-0.2, -0.15) is 4.31 Å². The van der Waals surface area contributed by atoms with Crippen LogP contribution in [0.4, 0.5) is 5.69 Å². The lowest BCUT2D eigenvalue weighted by atomic mass is 10.1. The first-order valence-corrected chi connectivity index (χ1v) is 14.5. The van der Waals surface area contributed by atoms with Crippen LogP contribution in [0.2, 0.25) is 0 Å². The normalized spacial score (nSPS) is 11.2. The first-order chi connectivity index (χ1) is 18.2. The molecule has 218 valence electrons. The maximum atomic E-state index is 12.6. The first-order valence-electron chi connectivity index (χ1n) is 13.0. The number of ether oxygens (including phenoxy) is 1. The molecule has 0 aliphatic heterocycles. The summed E-state index contributed by atoms with van der Waals surface area (Å²) in [5.41, 5.74) is 3.49. The largest absolute Gasteiger partial charge is 0.497 e. The fraction of sp³-hybridized carbons (Fsp3) is 0.517. The first kappa shape index (κ1) is 34.1. The van der Waals surface area contributed by atoms with Crippen molar-refractivity contribution >= 4 is 27.4 Å². The van der Waals surface area contributed by atoms with E-state index >= 15 is 0 Å². The Hall–Kier alpha value is -2.95. The molecule has 0 unspecified atom stereocenters. The predicted molar refractivity (Wildman–Crippen MR) is 158 cm³/mol. The molecule has 1 N–H and O–H groups in total. The summed E-state index contributed by atoms with van der Waals surface area (Å²) < 4.78 is 31.5. The molecule has 0 heterocycles. The van der Waals surface area contributed by atoms with Gasteiger partial charge in [-0.25, -0.2) is 8.42 Å². The lowest BCUT2D eigenvalue weighted by Crippen LogP contribution is -2.33. The van der Waals surface area contributed by atoms with Gasteiger partial charge in [-0.05, 0) is 75.3 Å². The highest BCUT2D eigenvalue weighted by molar-refractivity contribution is 7.89. The van der Waals surface area contributed by atoms with Gasteiger partial charge < -0.3 is 19.9 Å². The summed E-state index contributed by atoms with van der Waals surface area (Å²) in [6.07, 6.45) is 1.10. The van der Waals surface area contributed by atoms with Gasteiger partial charge in [0.25, 0.3) is 0 Å². The monoisotopic (exact) mass is 562 g/mol. The second kappa shape index (κ2) is 16.2. The maximum Gasteiger partial charge on any atom is 0.243 e. The van der Waals surface area contributed by atoms with Gasteiger partial charge in [-0.15, -0.1) is 0 Å². The number of Topliss-reactive ketones (excluding diaryl/α,β-unsaturated/α-hetero) is 1. The number of benzene rings is 2. The Morgan fingerprint density at radius 3 is 2.00 bits per heavy atom. The molecule has 0 radical (unpaired) electrons. The van der Waals surface area contributed by atoms with Gasteiger partial charge >= 0.3 is 0 Å². The number of nitrogens with zero attached hydrogens (tertiary/aromatic N) is 3. The minimum atomic E-state index is -3.68. The molecule has 1 amide bonds. The van der Waals surface area contributed by atoms with E-state index in [2.05, 4.69) is 48.6 Å². The van der Waals surface area contributed by atoms with E-state index in [1.54, 1.807) is 37.8 Å². The molecule has 2 aromatic carbocycles. The zero-order valence-electron chi connectivity index (χ0n) is 25.0. The van der Waals surface area contributed by atoms with Gasteiger partial charge in [0.2, 0.25) is 15.9 Å². The summed E-state index contributed by atoms with van der Waals surface area (Å²) >= 11 is 0. The van der Waals surface area contributed by atoms with E-state index in [9.17, 15) is 18.0 Å². The average Bonchev–Trinajstić information content (AvgIpc) is 2.84. The van der Waals surface area contributed by atoms with Crippen LogP contribution in [0.5, 0.6) is 5.75 Å². The molecule has 0 saturated heterocycles. The molecule has 10 heteroatoms. The summed E-state index contributed by atoms with van der Waals surface area (Å²) in [6.45, 7) is 9.43. The van der Waals surface area contributed by atoms with Crippen molar-refractivity contribution in [1.29, 1.82) is 0 Å². The van der Waals surface area contributed by atoms with Crippen LogP contribution in [0.25, 0.3) is 0 Å². The van der Waals surface area contributed by atoms with Gasteiger partial charge in [0.15, 0.2) is 0 Å². The van der Waals surface area contributed by atoms with Crippen LogP contribution in [0.3, 0.4) is 0 Å². The van der Waals surface area contributed by atoms with Crippen molar-refractivity contribution in [3.8, 4) is 5.75 Å². The van der Waals surface area contributed by atoms with Crippen LogP contribution >= 0.6 is 0 Å². The molecular weight excluding hydrogens is 516 g/mol. The number of sulfonamides is 1. The minimum absolute atomic E-state index is 0.0765. The molecule has 0 saturated carbocycles. The number of aryl methyl sites for hydroxylation is 2. The van der Waals surface area contributed by atoms with Crippen LogP contribution < -0.4 is 10.1 Å². The van der Waals surface area contributed by atoms with Gasteiger partial charge in [0.05, 0.1) is 18.6 Å². The van der Waals surface area contributed by atoms with E-state index in [0.29, 0.717) is 36.3 Å². The number of amides is 1. The Balaban J connectivity index is 0.000000395. The average molecular weight is 563 g/mol. The van der Waals surface area contributed by atoms with E-state index < -0.39 is 10.0 Å². The van der Waals surface area contributed by atoms with Crippen molar-refractivity contribution in [3.63, 3.8) is 0 Å². The van der Waals surface area contributed by atoms with E-state index in [1.807, 2.05) is 14.0 Å². The molecule has 0 spiro atoms. The van der Waals surface area contributed by atoms with Crippen molar-refractivity contribution in [3.05, 3.63) is 53.1 Å². The van der Waals surface area contributed by atoms with Gasteiger partial charge in [0, 0.05) is 52.8 Å². The van der Waals surface area contributed by atoms with E-state index in [4.69, 9.17) is 4.74 Å². The molecule has 0 aliphatic rings. The molecule has 2 rings (SSSR count). The standard InChI is InChI=1S/C15H23NO4S.C14H23N3O/c1-6-7-13(17)10-16(4)21(18,19)15-11(2)8-14(20-5)9-12(15)3;1-12(18)17(4)11-13-5-7-14(8-6-13)15-9-10-16(2)3/h8-9H,6-7,10H2,1-5H3;5-8,15H,9-11H2,1-4H3. The SMILES string of the molecule is CC(=O)N(C)Cc1ccc(NCCN(C)C)cc1.CCCC(=O)CN(C)S(=O)(=O)c1c(C)cc(OC)cc1C. The van der Waals surface area contributed by atoms with E-state index in [0.717, 1.165) is 28.6 Å². The number of anilines is 1. The third-order valence-corrected chi connectivity index (χ3v) is 8.17. The lowest BCUT2D eigenvalue weighted by molar-refractivity contribution is -0.128. The highest BCUT2D eigenvalue weighted by Crippen LogP contribution is 2.27. The molecule has 0 bridgehead atoms. The third-order valence-electron chi connectivity index (χ3n) is 6.07. The smallest absolute Gasteiger partial charge is 0.243 e. The van der Waals surface area contributed by atoms with Crippen LogP contribution in [0.1, 0.15) is 43.4 Å². The summed E-state index contributed by atoms with van der Waals surface area (Å²) in [6, 6.07) is 11.6. The molecule has 0 aromatic heterocycles. The number of carbonyl (C=O) groups excluding carboxylic acids is 2. The Kier molecular flexibility index (Phi) is 14.2. The molecule has 0 atom stereocenters. The number of rotatable bonds is 13. The van der Waals surface area contributed by atoms with Crippen molar-refractivity contribution in [2.45, 2.75) is 52.0 Å². The number of likely N-dealkylation sites (N-methyl/N-ethyl adjacent to an activating group) is 2. The predicted octanol–water partition coefficient (Wildman–Crippen LogP) is 3.94. The highest BCUT2D eigenvalue weighted by atomic mass is 32.2. The van der Waals surface area contributed by atoms with Crippen molar-refractivity contribution in [1.82, 2.24) is 14.1 Å². The number of methoxy groups -OCH3 is 1. The number of hydrogen-bond acceptors (Lipinski definition) is 7. The topological polar surface area (TPSA) is 99.3 Å². The van der Waals surface area contributed by atoms with Gasteiger partial charge in [0.1, 0.15) is 11.5 Å². The Labute approximate surface area is 235 Å². The molecule has 0 aliphatic carbocycles. The Morgan fingerprint density at radius 2 is 1.54 bits per heavy atom.